The molecular weight excluding hydrogens is 511 g/mol. The number of benzene rings is 2. The highest BCUT2D eigenvalue weighted by molar-refractivity contribution is 6.30. The van der Waals surface area contributed by atoms with E-state index in [1.807, 2.05) is 24.3 Å². The fourth-order valence-electron chi connectivity index (χ4n) is 5.37. The van der Waals surface area contributed by atoms with Crippen LogP contribution < -0.4 is 20.0 Å². The van der Waals surface area contributed by atoms with Crippen LogP contribution in [0, 0.1) is 0 Å². The second-order valence-corrected chi connectivity index (χ2v) is 10.6. The number of nitrogens with one attached hydrogen (secondary N) is 1. The second-order valence-electron chi connectivity index (χ2n) is 9.63. The number of hydrogen-bond donors (Lipinski definition) is 1. The van der Waals surface area contributed by atoms with Crippen LogP contribution in [0.4, 0.5) is 4.79 Å². The van der Waals surface area contributed by atoms with Gasteiger partial charge in [-0.1, -0.05) is 35.9 Å². The number of fused-ring (bicyclic) bond motifs is 3. The van der Waals surface area contributed by atoms with E-state index in [0.717, 1.165) is 60.1 Å². The number of aromatic nitrogens is 1. The summed E-state index contributed by atoms with van der Waals surface area (Å²) in [4.78, 5) is 18.8. The highest BCUT2D eigenvalue weighted by Crippen LogP contribution is 2.35. The number of H-pyrrole nitrogens is 1. The number of ether oxygens (including phenoxy) is 3. The molecule has 192 valence electrons. The van der Waals surface area contributed by atoms with Gasteiger partial charge in [0.2, 0.25) is 0 Å². The maximum atomic E-state index is 13.5. The van der Waals surface area contributed by atoms with E-state index in [0.29, 0.717) is 23.7 Å². The summed E-state index contributed by atoms with van der Waals surface area (Å²) in [6, 6.07) is 14.5. The fraction of sp³-hybridized carbons (Fsp3) is 0.345. The van der Waals surface area contributed by atoms with Gasteiger partial charge in [-0.3, -0.25) is 4.90 Å². The Balaban J connectivity index is 1.34. The highest BCUT2D eigenvalue weighted by atomic mass is 35.5. The van der Waals surface area contributed by atoms with E-state index in [4.69, 9.17) is 37.4 Å². The lowest BCUT2D eigenvalue weighted by Crippen LogP contribution is -2.43. The van der Waals surface area contributed by atoms with Gasteiger partial charge in [-0.15, -0.1) is 11.6 Å². The molecule has 2 aromatic carbocycles. The van der Waals surface area contributed by atoms with Gasteiger partial charge in [-0.2, -0.15) is 0 Å². The number of nitrogens with zero attached hydrogens (tertiary/aromatic N) is 1. The molecule has 37 heavy (non-hydrogen) atoms. The summed E-state index contributed by atoms with van der Waals surface area (Å²) < 4.78 is 17.4. The molecule has 1 amide bonds. The summed E-state index contributed by atoms with van der Waals surface area (Å²) in [5, 5.41) is 2.78. The molecule has 1 saturated heterocycles. The van der Waals surface area contributed by atoms with Crippen molar-refractivity contribution in [3.05, 3.63) is 80.9 Å². The van der Waals surface area contributed by atoms with Gasteiger partial charge < -0.3 is 19.2 Å². The Kier molecular flexibility index (Phi) is 6.89. The van der Waals surface area contributed by atoms with Crippen molar-refractivity contribution in [1.82, 2.24) is 9.88 Å². The molecule has 2 aliphatic heterocycles. The van der Waals surface area contributed by atoms with Crippen LogP contribution in [0.3, 0.4) is 0 Å². The molecule has 1 aromatic heterocycles. The molecule has 1 N–H and O–H groups in total. The van der Waals surface area contributed by atoms with Crippen molar-refractivity contribution in [3.63, 3.8) is 0 Å². The quantitative estimate of drug-likeness (QED) is 0.477. The van der Waals surface area contributed by atoms with Crippen LogP contribution in [0.5, 0.6) is 11.5 Å². The summed E-state index contributed by atoms with van der Waals surface area (Å²) in [6.07, 6.45) is 7.29. The molecule has 8 heteroatoms. The first-order chi connectivity index (χ1) is 18.0. The van der Waals surface area contributed by atoms with Crippen LogP contribution in [0.1, 0.15) is 42.1 Å². The number of carbonyl (C=O) groups is 1. The van der Waals surface area contributed by atoms with Crippen LogP contribution in [0.15, 0.2) is 48.5 Å². The van der Waals surface area contributed by atoms with Crippen molar-refractivity contribution in [1.29, 1.82) is 0 Å². The maximum Gasteiger partial charge on any atom is 0.416 e. The zero-order valence-electron chi connectivity index (χ0n) is 20.3. The molecule has 1 aliphatic carbocycles. The van der Waals surface area contributed by atoms with E-state index < -0.39 is 6.09 Å². The number of rotatable bonds is 4. The summed E-state index contributed by atoms with van der Waals surface area (Å²) in [5.41, 5.74) is 3.19. The lowest BCUT2D eigenvalue weighted by Gasteiger charge is -2.35. The Morgan fingerprint density at radius 1 is 1.03 bits per heavy atom. The topological polar surface area (TPSA) is 63.8 Å². The lowest BCUT2D eigenvalue weighted by atomic mass is 9.92. The number of carbonyl (C=O) groups excluding carboxylic acids is 1. The molecule has 0 spiro atoms. The Bertz CT molecular complexity index is 1400. The minimum Gasteiger partial charge on any atom is -0.490 e. The first-order valence-electron chi connectivity index (χ1n) is 12.7. The van der Waals surface area contributed by atoms with Crippen molar-refractivity contribution < 1.29 is 19.0 Å². The molecule has 3 aromatic rings. The maximum absolute atomic E-state index is 13.5. The predicted molar refractivity (Wildman–Crippen MR) is 144 cm³/mol. The Labute approximate surface area is 225 Å². The van der Waals surface area contributed by atoms with Crippen molar-refractivity contribution in [2.75, 3.05) is 19.8 Å². The van der Waals surface area contributed by atoms with Crippen molar-refractivity contribution in [3.8, 4) is 11.5 Å². The summed E-state index contributed by atoms with van der Waals surface area (Å²) in [7, 11) is 0. The molecule has 3 aliphatic rings. The smallest absolute Gasteiger partial charge is 0.416 e. The molecule has 0 bridgehead atoms. The van der Waals surface area contributed by atoms with Crippen molar-refractivity contribution in [2.45, 2.75) is 43.2 Å². The van der Waals surface area contributed by atoms with E-state index in [1.165, 1.54) is 5.56 Å². The Hall–Kier alpha value is -2.93. The minimum atomic E-state index is -0.406. The van der Waals surface area contributed by atoms with Crippen LogP contribution in [0.2, 0.25) is 5.02 Å². The van der Waals surface area contributed by atoms with Gasteiger partial charge in [-0.05, 0) is 60.4 Å². The zero-order chi connectivity index (χ0) is 25.4. The van der Waals surface area contributed by atoms with Gasteiger partial charge in [0.25, 0.3) is 0 Å². The highest BCUT2D eigenvalue weighted by Gasteiger charge is 2.35. The van der Waals surface area contributed by atoms with Crippen LogP contribution in [-0.4, -0.2) is 47.2 Å². The minimum absolute atomic E-state index is 0.0274. The zero-order valence-corrected chi connectivity index (χ0v) is 21.8. The van der Waals surface area contributed by atoms with E-state index in [-0.39, 0.29) is 17.5 Å². The van der Waals surface area contributed by atoms with Crippen molar-refractivity contribution >= 4 is 41.4 Å². The van der Waals surface area contributed by atoms with Gasteiger partial charge in [0.15, 0.2) is 0 Å². The van der Waals surface area contributed by atoms with Crippen LogP contribution >= 0.6 is 23.2 Å². The normalized spacial score (nSPS) is 21.3. The number of aromatic amines is 1. The Morgan fingerprint density at radius 3 is 2.51 bits per heavy atom. The third-order valence-electron chi connectivity index (χ3n) is 7.21. The standard InChI is InChI=1S/C29H28Cl2N2O4/c30-19-3-8-22(9-4-19)37-29(34)33-14-11-24-25-17-20(31)5-10-26(25)32-27(24)28(33)18-1-6-21(7-2-18)36-23-12-15-35-16-13-23/h1-4,6-10,17,20,23,28,32H,5,11-16H2/t20?,28-/m0/s1. The SMILES string of the molecule is O=C(Oc1ccc(Cl)cc1)N1CCc2c([nH]c3c2=CC(Cl)CC=3)[C@@H]1c1ccc(OC2CCOCC2)cc1. The first-order valence-corrected chi connectivity index (χ1v) is 13.5. The average Bonchev–Trinajstić information content (AvgIpc) is 3.28. The average molecular weight is 539 g/mol. The first kappa shape index (κ1) is 24.4. The number of amides is 1. The molecule has 0 radical (unpaired) electrons. The van der Waals surface area contributed by atoms with E-state index >= 15 is 0 Å². The molecule has 6 rings (SSSR count). The third-order valence-corrected chi connectivity index (χ3v) is 7.77. The van der Waals surface area contributed by atoms with Gasteiger partial charge in [0.05, 0.1) is 18.6 Å². The lowest BCUT2D eigenvalue weighted by molar-refractivity contribution is 0.0255. The second kappa shape index (κ2) is 10.4. The van der Waals surface area contributed by atoms with Crippen LogP contribution in [0.25, 0.3) is 12.2 Å². The van der Waals surface area contributed by atoms with Gasteiger partial charge in [0.1, 0.15) is 23.6 Å². The molecule has 6 nitrogen and oxygen atoms in total. The fourth-order valence-corrected chi connectivity index (χ4v) is 5.71. The summed E-state index contributed by atoms with van der Waals surface area (Å²) >= 11 is 12.5. The molecule has 1 fully saturated rings. The van der Waals surface area contributed by atoms with E-state index in [2.05, 4.69) is 17.1 Å². The number of alkyl halides is 1. The molecular formula is C29H28Cl2N2O4. The number of halogens is 2. The van der Waals surface area contributed by atoms with E-state index in [1.54, 1.807) is 29.2 Å². The van der Waals surface area contributed by atoms with Gasteiger partial charge >= 0.3 is 6.09 Å². The number of hydrogen-bond acceptors (Lipinski definition) is 4. The summed E-state index contributed by atoms with van der Waals surface area (Å²) in [5.74, 6) is 1.27. The molecule has 3 heterocycles. The third kappa shape index (κ3) is 5.11. The predicted octanol–water partition coefficient (Wildman–Crippen LogP) is 4.94. The molecule has 1 unspecified atom stereocenters. The molecule has 2 atom stereocenters. The largest absolute Gasteiger partial charge is 0.490 e. The van der Waals surface area contributed by atoms with Gasteiger partial charge in [-0.25, -0.2) is 4.79 Å². The monoisotopic (exact) mass is 538 g/mol. The van der Waals surface area contributed by atoms with Crippen molar-refractivity contribution in [2.24, 2.45) is 0 Å². The van der Waals surface area contributed by atoms with Gasteiger partial charge in [0, 0.05) is 40.7 Å². The van der Waals surface area contributed by atoms with E-state index in [9.17, 15) is 4.79 Å². The van der Waals surface area contributed by atoms with Crippen LogP contribution in [-0.2, 0) is 11.2 Å². The summed E-state index contributed by atoms with van der Waals surface area (Å²) in [6.45, 7) is 1.98. The molecule has 0 saturated carbocycles. The Morgan fingerprint density at radius 2 is 1.76 bits per heavy atom.